The summed E-state index contributed by atoms with van der Waals surface area (Å²) in [6.45, 7) is 0.483. The minimum atomic E-state index is -0.869. The van der Waals surface area contributed by atoms with Crippen LogP contribution in [0.5, 0.6) is 0 Å². The number of hydrogen-bond acceptors (Lipinski definition) is 3. The summed E-state index contributed by atoms with van der Waals surface area (Å²) in [7, 11) is 3.09. The third kappa shape index (κ3) is 2.52. The van der Waals surface area contributed by atoms with E-state index in [4.69, 9.17) is 9.47 Å². The second kappa shape index (κ2) is 4.97. The lowest BCUT2D eigenvalue weighted by Gasteiger charge is -2.13. The Morgan fingerprint density at radius 3 is 2.62 bits per heavy atom. The normalized spacial score (nSPS) is 12.8. The number of methoxy groups -OCH3 is 2. The van der Waals surface area contributed by atoms with Crippen LogP contribution in [0.4, 0.5) is 0 Å². The molecule has 1 aromatic rings. The third-order valence-corrected chi connectivity index (χ3v) is 1.84. The molecule has 1 aromatic carbocycles. The predicted octanol–water partition coefficient (Wildman–Crippen LogP) is 1.47. The first-order valence-electron chi connectivity index (χ1n) is 4.07. The van der Waals surface area contributed by atoms with Crippen molar-refractivity contribution in [1.82, 2.24) is 0 Å². The van der Waals surface area contributed by atoms with Crippen molar-refractivity contribution in [3.8, 4) is 0 Å². The van der Waals surface area contributed by atoms with Crippen molar-refractivity contribution >= 4 is 0 Å². The van der Waals surface area contributed by atoms with E-state index in [9.17, 15) is 5.11 Å². The average molecular weight is 182 g/mol. The van der Waals surface area contributed by atoms with E-state index < -0.39 is 6.29 Å². The monoisotopic (exact) mass is 182 g/mol. The summed E-state index contributed by atoms with van der Waals surface area (Å²) < 4.78 is 9.82. The highest BCUT2D eigenvalue weighted by molar-refractivity contribution is 5.27. The van der Waals surface area contributed by atoms with Gasteiger partial charge in [-0.05, 0) is 5.56 Å². The maximum atomic E-state index is 9.46. The van der Waals surface area contributed by atoms with Gasteiger partial charge in [0.2, 0.25) is 0 Å². The number of ether oxygens (including phenoxy) is 2. The first-order valence-corrected chi connectivity index (χ1v) is 4.07. The number of benzene rings is 1. The minimum absolute atomic E-state index is 0.483. The van der Waals surface area contributed by atoms with Crippen LogP contribution in [-0.4, -0.2) is 19.3 Å². The highest BCUT2D eigenvalue weighted by Gasteiger charge is 2.09. The van der Waals surface area contributed by atoms with Gasteiger partial charge in [0.1, 0.15) is 0 Å². The lowest BCUT2D eigenvalue weighted by Crippen LogP contribution is -2.04. The molecule has 13 heavy (non-hydrogen) atoms. The second-order valence-electron chi connectivity index (χ2n) is 2.72. The molecule has 3 nitrogen and oxygen atoms in total. The molecule has 0 amide bonds. The number of aliphatic hydroxyl groups is 1. The Bertz CT molecular complexity index is 260. The molecular weight excluding hydrogens is 168 g/mol. The van der Waals surface area contributed by atoms with Gasteiger partial charge in [-0.2, -0.15) is 0 Å². The fraction of sp³-hybridized carbons (Fsp3) is 0.400. The highest BCUT2D eigenvalue weighted by atomic mass is 16.6. The van der Waals surface area contributed by atoms with Crippen LogP contribution in [0.25, 0.3) is 0 Å². The first-order chi connectivity index (χ1) is 6.29. The summed E-state index contributed by atoms with van der Waals surface area (Å²) in [5.41, 5.74) is 1.70. The van der Waals surface area contributed by atoms with Gasteiger partial charge < -0.3 is 14.6 Å². The zero-order valence-electron chi connectivity index (χ0n) is 7.86. The molecule has 0 aliphatic heterocycles. The van der Waals surface area contributed by atoms with E-state index in [0.29, 0.717) is 6.61 Å². The minimum Gasteiger partial charge on any atom is -0.380 e. The van der Waals surface area contributed by atoms with Crippen LogP contribution >= 0.6 is 0 Å². The number of rotatable bonds is 4. The molecule has 1 unspecified atom stereocenters. The van der Waals surface area contributed by atoms with Crippen molar-refractivity contribution in [3.63, 3.8) is 0 Å². The summed E-state index contributed by atoms with van der Waals surface area (Å²) in [5.74, 6) is 0. The van der Waals surface area contributed by atoms with Crippen LogP contribution in [0.3, 0.4) is 0 Å². The van der Waals surface area contributed by atoms with Gasteiger partial charge in [-0.3, -0.25) is 0 Å². The molecule has 3 heteroatoms. The van der Waals surface area contributed by atoms with Crippen LogP contribution in [0.1, 0.15) is 17.4 Å². The fourth-order valence-corrected chi connectivity index (χ4v) is 1.19. The van der Waals surface area contributed by atoms with E-state index in [-0.39, 0.29) is 0 Å². The molecule has 0 heterocycles. The van der Waals surface area contributed by atoms with E-state index in [2.05, 4.69) is 0 Å². The summed E-state index contributed by atoms with van der Waals surface area (Å²) in [4.78, 5) is 0. The molecule has 1 atom stereocenters. The Morgan fingerprint density at radius 2 is 2.00 bits per heavy atom. The Hall–Kier alpha value is -0.900. The maximum Gasteiger partial charge on any atom is 0.181 e. The standard InChI is InChI=1S/C10H14O3/c1-12-7-8-5-3-4-6-9(8)10(11)13-2/h3-6,10-11H,7H2,1-2H3. The maximum absolute atomic E-state index is 9.46. The smallest absolute Gasteiger partial charge is 0.181 e. The SMILES string of the molecule is COCc1ccccc1C(O)OC. The molecule has 0 bridgehead atoms. The van der Waals surface area contributed by atoms with Crippen LogP contribution in [0.15, 0.2) is 24.3 Å². The zero-order chi connectivity index (χ0) is 9.68. The van der Waals surface area contributed by atoms with Gasteiger partial charge in [0, 0.05) is 19.8 Å². The molecule has 72 valence electrons. The lowest BCUT2D eigenvalue weighted by atomic mass is 10.1. The molecule has 0 aromatic heterocycles. The molecule has 0 radical (unpaired) electrons. The summed E-state index contributed by atoms with van der Waals surface area (Å²) in [6, 6.07) is 7.49. The van der Waals surface area contributed by atoms with E-state index in [1.165, 1.54) is 7.11 Å². The summed E-state index contributed by atoms with van der Waals surface area (Å²) in [5, 5.41) is 9.46. The van der Waals surface area contributed by atoms with Gasteiger partial charge in [-0.25, -0.2) is 0 Å². The van der Waals surface area contributed by atoms with Crippen molar-refractivity contribution in [1.29, 1.82) is 0 Å². The predicted molar refractivity (Wildman–Crippen MR) is 49.1 cm³/mol. The number of aliphatic hydroxyl groups excluding tert-OH is 1. The molecule has 0 saturated carbocycles. The zero-order valence-corrected chi connectivity index (χ0v) is 7.86. The third-order valence-electron chi connectivity index (χ3n) is 1.84. The summed E-state index contributed by atoms with van der Waals surface area (Å²) in [6.07, 6.45) is -0.869. The average Bonchev–Trinajstić information content (AvgIpc) is 2.18. The van der Waals surface area contributed by atoms with Crippen LogP contribution in [0.2, 0.25) is 0 Å². The quantitative estimate of drug-likeness (QED) is 0.717. The fourth-order valence-electron chi connectivity index (χ4n) is 1.19. The Balaban J connectivity index is 2.90. The van der Waals surface area contributed by atoms with Crippen molar-refractivity contribution in [2.45, 2.75) is 12.9 Å². The van der Waals surface area contributed by atoms with Gasteiger partial charge >= 0.3 is 0 Å². The van der Waals surface area contributed by atoms with Crippen LogP contribution in [0, 0.1) is 0 Å². The van der Waals surface area contributed by atoms with Crippen LogP contribution < -0.4 is 0 Å². The molecule has 0 aliphatic carbocycles. The topological polar surface area (TPSA) is 38.7 Å². The molecule has 0 saturated heterocycles. The van der Waals surface area contributed by atoms with E-state index in [1.54, 1.807) is 7.11 Å². The Kier molecular flexibility index (Phi) is 3.89. The second-order valence-corrected chi connectivity index (χ2v) is 2.72. The largest absolute Gasteiger partial charge is 0.380 e. The summed E-state index contributed by atoms with van der Waals surface area (Å²) >= 11 is 0. The van der Waals surface area contributed by atoms with Crippen molar-refractivity contribution in [2.75, 3.05) is 14.2 Å². The van der Waals surface area contributed by atoms with Crippen LogP contribution in [-0.2, 0) is 16.1 Å². The van der Waals surface area contributed by atoms with Crippen molar-refractivity contribution in [3.05, 3.63) is 35.4 Å². The van der Waals surface area contributed by atoms with Gasteiger partial charge in [0.05, 0.1) is 6.61 Å². The Morgan fingerprint density at radius 1 is 1.31 bits per heavy atom. The molecule has 1 rings (SSSR count). The molecule has 1 N–H and O–H groups in total. The molecule has 0 aliphatic rings. The Labute approximate surface area is 77.9 Å². The molecule has 0 spiro atoms. The van der Waals surface area contributed by atoms with E-state index in [1.807, 2.05) is 24.3 Å². The first kappa shape index (κ1) is 10.2. The highest BCUT2D eigenvalue weighted by Crippen LogP contribution is 2.18. The van der Waals surface area contributed by atoms with Gasteiger partial charge in [0.15, 0.2) is 6.29 Å². The van der Waals surface area contributed by atoms with Gasteiger partial charge in [-0.1, -0.05) is 24.3 Å². The lowest BCUT2D eigenvalue weighted by molar-refractivity contribution is -0.0780. The van der Waals surface area contributed by atoms with Crippen molar-refractivity contribution in [2.24, 2.45) is 0 Å². The van der Waals surface area contributed by atoms with E-state index >= 15 is 0 Å². The van der Waals surface area contributed by atoms with Gasteiger partial charge in [0.25, 0.3) is 0 Å². The molecule has 0 fully saturated rings. The number of hydrogen-bond donors (Lipinski definition) is 1. The van der Waals surface area contributed by atoms with Crippen molar-refractivity contribution < 1.29 is 14.6 Å². The molecular formula is C10H14O3. The van der Waals surface area contributed by atoms with Gasteiger partial charge in [-0.15, -0.1) is 0 Å². The van der Waals surface area contributed by atoms with E-state index in [0.717, 1.165) is 11.1 Å².